The number of aromatic nitrogens is 4. The number of hydrogen-bond acceptors (Lipinski definition) is 7. The zero-order valence-electron chi connectivity index (χ0n) is 13.5. The maximum Gasteiger partial charge on any atom is 0.258 e. The summed E-state index contributed by atoms with van der Waals surface area (Å²) in [6, 6.07) is 3.75. The molecule has 0 spiro atoms. The second-order valence-electron chi connectivity index (χ2n) is 5.41. The van der Waals surface area contributed by atoms with E-state index in [0.717, 1.165) is 42.2 Å². The monoisotopic (exact) mass is 313 g/mol. The van der Waals surface area contributed by atoms with Crippen molar-refractivity contribution < 1.29 is 9.05 Å². The normalized spacial score (nSPS) is 10.9. The molecule has 0 unspecified atom stereocenters. The van der Waals surface area contributed by atoms with Crippen LogP contribution in [-0.4, -0.2) is 26.8 Å². The van der Waals surface area contributed by atoms with Crippen molar-refractivity contribution in [3.05, 3.63) is 41.2 Å². The average molecular weight is 313 g/mol. The minimum Gasteiger partial charge on any atom is -0.370 e. The molecule has 0 aliphatic heterocycles. The van der Waals surface area contributed by atoms with E-state index in [1.807, 2.05) is 26.0 Å². The molecule has 0 amide bonds. The molecule has 3 heterocycles. The topological polar surface area (TPSA) is 89.9 Å². The Labute approximate surface area is 134 Å². The van der Waals surface area contributed by atoms with Crippen LogP contribution in [0.25, 0.3) is 11.5 Å². The first-order valence-electron chi connectivity index (χ1n) is 7.56. The van der Waals surface area contributed by atoms with Gasteiger partial charge in [0.05, 0.1) is 5.69 Å². The Hall–Kier alpha value is -2.70. The molecule has 0 bridgehead atoms. The lowest BCUT2D eigenvalue weighted by Crippen LogP contribution is -2.05. The van der Waals surface area contributed by atoms with Gasteiger partial charge in [0.25, 0.3) is 5.89 Å². The Morgan fingerprint density at radius 2 is 2.00 bits per heavy atom. The zero-order chi connectivity index (χ0) is 16.2. The molecule has 0 atom stereocenters. The fourth-order valence-corrected chi connectivity index (χ4v) is 2.42. The van der Waals surface area contributed by atoms with E-state index < -0.39 is 0 Å². The molecule has 0 saturated carbocycles. The molecule has 3 aromatic rings. The molecule has 0 fully saturated rings. The number of nitrogens with one attached hydrogen (secondary N) is 1. The van der Waals surface area contributed by atoms with E-state index in [9.17, 15) is 0 Å². The summed E-state index contributed by atoms with van der Waals surface area (Å²) in [4.78, 5) is 8.53. The summed E-state index contributed by atoms with van der Waals surface area (Å²) in [5.41, 5.74) is 3.01. The number of anilines is 1. The van der Waals surface area contributed by atoms with Crippen molar-refractivity contribution in [2.24, 2.45) is 0 Å². The summed E-state index contributed by atoms with van der Waals surface area (Å²) in [7, 11) is 0. The van der Waals surface area contributed by atoms with Crippen LogP contribution in [-0.2, 0) is 6.42 Å². The van der Waals surface area contributed by atoms with Gasteiger partial charge < -0.3 is 14.4 Å². The number of aryl methyl sites for hydroxylation is 3. The van der Waals surface area contributed by atoms with Crippen LogP contribution in [0, 0.1) is 20.8 Å². The SMILES string of the molecule is Cc1noc(-c2ccnc(NCCCc3c(C)noc3C)c2)n1. The highest BCUT2D eigenvalue weighted by molar-refractivity contribution is 5.57. The molecule has 120 valence electrons. The second kappa shape index (κ2) is 6.60. The van der Waals surface area contributed by atoms with E-state index in [1.54, 1.807) is 13.1 Å². The van der Waals surface area contributed by atoms with Crippen molar-refractivity contribution in [2.75, 3.05) is 11.9 Å². The van der Waals surface area contributed by atoms with Gasteiger partial charge in [-0.3, -0.25) is 0 Å². The third-order valence-electron chi connectivity index (χ3n) is 3.63. The van der Waals surface area contributed by atoms with Crippen LogP contribution in [0.2, 0.25) is 0 Å². The molecule has 0 aliphatic carbocycles. The fourth-order valence-electron chi connectivity index (χ4n) is 2.42. The van der Waals surface area contributed by atoms with Crippen LogP contribution in [0.3, 0.4) is 0 Å². The van der Waals surface area contributed by atoms with Crippen LogP contribution >= 0.6 is 0 Å². The Kier molecular flexibility index (Phi) is 4.36. The summed E-state index contributed by atoms with van der Waals surface area (Å²) in [6.45, 7) is 6.52. The molecule has 3 rings (SSSR count). The van der Waals surface area contributed by atoms with Gasteiger partial charge in [-0.1, -0.05) is 10.3 Å². The van der Waals surface area contributed by atoms with Gasteiger partial charge >= 0.3 is 0 Å². The lowest BCUT2D eigenvalue weighted by molar-refractivity contribution is 0.392. The molecule has 0 aliphatic rings. The molecular formula is C16H19N5O2. The van der Waals surface area contributed by atoms with E-state index in [1.165, 1.54) is 5.56 Å². The van der Waals surface area contributed by atoms with Gasteiger partial charge in [-0.05, 0) is 45.7 Å². The zero-order valence-corrected chi connectivity index (χ0v) is 13.5. The van der Waals surface area contributed by atoms with Gasteiger partial charge in [0.15, 0.2) is 5.82 Å². The van der Waals surface area contributed by atoms with Crippen LogP contribution < -0.4 is 5.32 Å². The van der Waals surface area contributed by atoms with E-state index in [0.29, 0.717) is 11.7 Å². The van der Waals surface area contributed by atoms with Crippen molar-refractivity contribution in [1.29, 1.82) is 0 Å². The van der Waals surface area contributed by atoms with Gasteiger partial charge in [-0.25, -0.2) is 4.98 Å². The van der Waals surface area contributed by atoms with Crippen LogP contribution in [0.15, 0.2) is 27.4 Å². The van der Waals surface area contributed by atoms with Crippen LogP contribution in [0.1, 0.15) is 29.3 Å². The second-order valence-corrected chi connectivity index (χ2v) is 5.41. The largest absolute Gasteiger partial charge is 0.370 e. The number of pyridine rings is 1. The van der Waals surface area contributed by atoms with E-state index in [4.69, 9.17) is 9.05 Å². The van der Waals surface area contributed by atoms with E-state index >= 15 is 0 Å². The summed E-state index contributed by atoms with van der Waals surface area (Å²) in [5.74, 6) is 2.81. The Bertz CT molecular complexity index is 774. The minimum atomic E-state index is 0.503. The van der Waals surface area contributed by atoms with Crippen LogP contribution in [0.4, 0.5) is 5.82 Å². The lowest BCUT2D eigenvalue weighted by atomic mass is 10.1. The maximum absolute atomic E-state index is 5.17. The molecular weight excluding hydrogens is 294 g/mol. The third kappa shape index (κ3) is 3.56. The first-order chi connectivity index (χ1) is 11.1. The first-order valence-corrected chi connectivity index (χ1v) is 7.56. The molecule has 1 N–H and O–H groups in total. The highest BCUT2D eigenvalue weighted by Crippen LogP contribution is 2.19. The first kappa shape index (κ1) is 15.2. The number of nitrogens with zero attached hydrogens (tertiary/aromatic N) is 4. The summed E-state index contributed by atoms with van der Waals surface area (Å²) in [6.07, 6.45) is 3.62. The van der Waals surface area contributed by atoms with Crippen molar-refractivity contribution >= 4 is 5.82 Å². The molecule has 0 saturated heterocycles. The van der Waals surface area contributed by atoms with Gasteiger partial charge in [-0.15, -0.1) is 0 Å². The molecule has 3 aromatic heterocycles. The standard InChI is InChI=1S/C16H19N5O2/c1-10-14(11(2)22-20-10)5-4-7-17-15-9-13(6-8-18-15)16-19-12(3)21-23-16/h6,8-9H,4-5,7H2,1-3H3,(H,17,18). The fraction of sp³-hybridized carbons (Fsp3) is 0.375. The van der Waals surface area contributed by atoms with E-state index in [2.05, 4.69) is 25.6 Å². The predicted octanol–water partition coefficient (Wildman–Crippen LogP) is 3.09. The quantitative estimate of drug-likeness (QED) is 0.699. The van der Waals surface area contributed by atoms with Crippen molar-refractivity contribution in [2.45, 2.75) is 33.6 Å². The number of hydrogen-bond donors (Lipinski definition) is 1. The Morgan fingerprint density at radius 1 is 1.13 bits per heavy atom. The molecule has 0 radical (unpaired) electrons. The molecule has 23 heavy (non-hydrogen) atoms. The predicted molar refractivity (Wildman–Crippen MR) is 85.1 cm³/mol. The third-order valence-corrected chi connectivity index (χ3v) is 3.63. The number of rotatable bonds is 6. The molecule has 0 aromatic carbocycles. The smallest absolute Gasteiger partial charge is 0.258 e. The highest BCUT2D eigenvalue weighted by atomic mass is 16.5. The maximum atomic E-state index is 5.17. The summed E-state index contributed by atoms with van der Waals surface area (Å²) >= 11 is 0. The minimum absolute atomic E-state index is 0.503. The average Bonchev–Trinajstić information content (AvgIpc) is 3.11. The summed E-state index contributed by atoms with van der Waals surface area (Å²) < 4.78 is 10.3. The van der Waals surface area contributed by atoms with Crippen molar-refractivity contribution in [3.63, 3.8) is 0 Å². The summed E-state index contributed by atoms with van der Waals surface area (Å²) in [5, 5.41) is 11.1. The van der Waals surface area contributed by atoms with Gasteiger partial charge in [0.1, 0.15) is 11.6 Å². The van der Waals surface area contributed by atoms with Crippen molar-refractivity contribution in [1.82, 2.24) is 20.3 Å². The van der Waals surface area contributed by atoms with E-state index in [-0.39, 0.29) is 0 Å². The Balaban J connectivity index is 1.56. The molecule has 7 heteroatoms. The lowest BCUT2D eigenvalue weighted by Gasteiger charge is -2.06. The van der Waals surface area contributed by atoms with Gasteiger partial charge in [0.2, 0.25) is 0 Å². The van der Waals surface area contributed by atoms with Crippen LogP contribution in [0.5, 0.6) is 0 Å². The Morgan fingerprint density at radius 3 is 2.70 bits per heavy atom. The highest BCUT2D eigenvalue weighted by Gasteiger charge is 2.09. The van der Waals surface area contributed by atoms with Gasteiger partial charge in [0, 0.05) is 23.9 Å². The van der Waals surface area contributed by atoms with Gasteiger partial charge in [-0.2, -0.15) is 4.98 Å². The van der Waals surface area contributed by atoms with Crippen molar-refractivity contribution in [3.8, 4) is 11.5 Å². The molecule has 7 nitrogen and oxygen atoms in total.